The molecule has 0 heterocycles. The van der Waals surface area contributed by atoms with Crippen molar-refractivity contribution in [3.05, 3.63) is 77.6 Å². The van der Waals surface area contributed by atoms with Gasteiger partial charge in [-0.3, -0.25) is 9.59 Å². The highest BCUT2D eigenvalue weighted by atomic mass is 19.2. The Hall–Kier alpha value is -3.09. The maximum atomic E-state index is 13.6. The van der Waals surface area contributed by atoms with Crippen LogP contribution in [-0.2, 0) is 0 Å². The Morgan fingerprint density at radius 3 is 2.33 bits per heavy atom. The van der Waals surface area contributed by atoms with E-state index >= 15 is 0 Å². The molecule has 0 aliphatic heterocycles. The Balaban J connectivity index is 2.20. The quantitative estimate of drug-likeness (QED) is 0.651. The van der Waals surface area contributed by atoms with Crippen LogP contribution in [0.4, 0.5) is 18.9 Å². The fourth-order valence-corrected chi connectivity index (χ4v) is 1.89. The van der Waals surface area contributed by atoms with Crippen molar-refractivity contribution >= 4 is 17.5 Å². The summed E-state index contributed by atoms with van der Waals surface area (Å²) < 4.78 is 39.6. The predicted molar refractivity (Wildman–Crippen MR) is 83.2 cm³/mol. The molecule has 2 rings (SSSR count). The summed E-state index contributed by atoms with van der Waals surface area (Å²) >= 11 is 0. The van der Waals surface area contributed by atoms with Gasteiger partial charge in [-0.1, -0.05) is 12.1 Å². The lowest BCUT2D eigenvalue weighted by molar-refractivity contribution is 0.0958. The van der Waals surface area contributed by atoms with Crippen molar-refractivity contribution in [3.63, 3.8) is 0 Å². The first-order chi connectivity index (χ1) is 11.4. The van der Waals surface area contributed by atoms with Gasteiger partial charge in [0.1, 0.15) is 0 Å². The highest BCUT2D eigenvalue weighted by Crippen LogP contribution is 2.20. The highest BCUT2D eigenvalue weighted by Gasteiger charge is 2.16. The first-order valence-electron chi connectivity index (χ1n) is 6.88. The lowest BCUT2D eigenvalue weighted by Gasteiger charge is -2.08. The second kappa shape index (κ2) is 7.45. The van der Waals surface area contributed by atoms with Gasteiger partial charge in [-0.05, 0) is 30.3 Å². The molecule has 124 valence electrons. The molecule has 2 amide bonds. The van der Waals surface area contributed by atoms with Crippen molar-refractivity contribution in [3.8, 4) is 0 Å². The summed E-state index contributed by atoms with van der Waals surface area (Å²) in [6.07, 6.45) is 1.50. The maximum Gasteiger partial charge on any atom is 0.255 e. The van der Waals surface area contributed by atoms with Crippen LogP contribution in [0.3, 0.4) is 0 Å². The van der Waals surface area contributed by atoms with E-state index in [-0.39, 0.29) is 17.7 Å². The van der Waals surface area contributed by atoms with Gasteiger partial charge in [-0.25, -0.2) is 13.2 Å². The molecule has 2 aromatic carbocycles. The summed E-state index contributed by atoms with van der Waals surface area (Å²) in [5, 5.41) is 4.68. The normalized spacial score (nSPS) is 10.1. The van der Waals surface area contributed by atoms with E-state index < -0.39 is 35.0 Å². The zero-order valence-electron chi connectivity index (χ0n) is 12.4. The van der Waals surface area contributed by atoms with Gasteiger partial charge in [0.2, 0.25) is 0 Å². The third-order valence-corrected chi connectivity index (χ3v) is 3.08. The van der Waals surface area contributed by atoms with Gasteiger partial charge >= 0.3 is 0 Å². The number of anilines is 1. The van der Waals surface area contributed by atoms with Crippen LogP contribution in [-0.4, -0.2) is 18.4 Å². The third kappa shape index (κ3) is 3.81. The summed E-state index contributed by atoms with van der Waals surface area (Å²) in [5.41, 5.74) is -0.221. The molecular formula is C17H13F3N2O2. The molecule has 2 aromatic rings. The number of amides is 2. The van der Waals surface area contributed by atoms with Gasteiger partial charge in [-0.15, -0.1) is 6.58 Å². The fraction of sp³-hybridized carbons (Fsp3) is 0.0588. The Kier molecular flexibility index (Phi) is 5.36. The van der Waals surface area contributed by atoms with Gasteiger partial charge in [-0.2, -0.15) is 0 Å². The summed E-state index contributed by atoms with van der Waals surface area (Å²) in [6.45, 7) is 3.73. The lowest BCUT2D eigenvalue weighted by Crippen LogP contribution is -2.23. The molecular weight excluding hydrogens is 321 g/mol. The standard InChI is InChI=1S/C17H13F3N2O2/c1-2-8-21-16(23)10-4-3-5-11(9-10)17(24)22-13-7-6-12(18)14(19)15(13)20/h2-7,9H,1,8H2,(H,21,23)(H,22,24). The summed E-state index contributed by atoms with van der Waals surface area (Å²) in [4.78, 5) is 23.9. The molecule has 0 aliphatic carbocycles. The van der Waals surface area contributed by atoms with E-state index in [4.69, 9.17) is 0 Å². The predicted octanol–water partition coefficient (Wildman–Crippen LogP) is 3.27. The summed E-state index contributed by atoms with van der Waals surface area (Å²) in [6, 6.07) is 7.27. The molecule has 0 bridgehead atoms. The molecule has 7 heteroatoms. The minimum Gasteiger partial charge on any atom is -0.349 e. The molecule has 2 N–H and O–H groups in total. The van der Waals surface area contributed by atoms with Crippen molar-refractivity contribution in [2.45, 2.75) is 0 Å². The number of carbonyl (C=O) groups excluding carboxylic acids is 2. The third-order valence-electron chi connectivity index (χ3n) is 3.08. The van der Waals surface area contributed by atoms with Crippen LogP contribution in [0.25, 0.3) is 0 Å². The van der Waals surface area contributed by atoms with Crippen LogP contribution < -0.4 is 10.6 Å². The number of rotatable bonds is 5. The zero-order chi connectivity index (χ0) is 17.7. The molecule has 0 saturated carbocycles. The molecule has 0 spiro atoms. The number of benzene rings is 2. The van der Waals surface area contributed by atoms with Crippen LogP contribution >= 0.6 is 0 Å². The summed E-state index contributed by atoms with van der Waals surface area (Å²) in [5.74, 6) is -5.71. The van der Waals surface area contributed by atoms with E-state index in [9.17, 15) is 22.8 Å². The number of carbonyl (C=O) groups is 2. The SMILES string of the molecule is C=CCNC(=O)c1cccc(C(=O)Nc2ccc(F)c(F)c2F)c1. The van der Waals surface area contributed by atoms with Crippen LogP contribution in [0, 0.1) is 17.5 Å². The van der Waals surface area contributed by atoms with Gasteiger partial charge in [0.05, 0.1) is 5.69 Å². The molecule has 0 aromatic heterocycles. The van der Waals surface area contributed by atoms with E-state index in [1.165, 1.54) is 30.3 Å². The van der Waals surface area contributed by atoms with Gasteiger partial charge in [0.25, 0.3) is 11.8 Å². The van der Waals surface area contributed by atoms with Crippen molar-refractivity contribution < 1.29 is 22.8 Å². The van der Waals surface area contributed by atoms with Crippen LogP contribution in [0.1, 0.15) is 20.7 Å². The topological polar surface area (TPSA) is 58.2 Å². The average molecular weight is 334 g/mol. The second-order valence-corrected chi connectivity index (χ2v) is 4.76. The van der Waals surface area contributed by atoms with Gasteiger partial charge < -0.3 is 10.6 Å². The van der Waals surface area contributed by atoms with Crippen LogP contribution in [0.15, 0.2) is 49.1 Å². The van der Waals surface area contributed by atoms with Crippen molar-refractivity contribution in [1.29, 1.82) is 0 Å². The Labute approximate surface area is 136 Å². The smallest absolute Gasteiger partial charge is 0.255 e. The molecule has 0 fully saturated rings. The van der Waals surface area contributed by atoms with Crippen molar-refractivity contribution in [1.82, 2.24) is 5.32 Å². The lowest BCUT2D eigenvalue weighted by atomic mass is 10.1. The number of halogens is 3. The Bertz CT molecular complexity index is 806. The molecule has 24 heavy (non-hydrogen) atoms. The molecule has 4 nitrogen and oxygen atoms in total. The first-order valence-corrected chi connectivity index (χ1v) is 6.88. The first kappa shape index (κ1) is 17.3. The van der Waals surface area contributed by atoms with E-state index in [1.54, 1.807) is 0 Å². The minimum atomic E-state index is -1.68. The van der Waals surface area contributed by atoms with Crippen molar-refractivity contribution in [2.75, 3.05) is 11.9 Å². The Morgan fingerprint density at radius 2 is 1.67 bits per heavy atom. The van der Waals surface area contributed by atoms with E-state index in [0.717, 1.165) is 6.07 Å². The number of nitrogens with one attached hydrogen (secondary N) is 2. The largest absolute Gasteiger partial charge is 0.349 e. The van der Waals surface area contributed by atoms with E-state index in [0.29, 0.717) is 6.07 Å². The number of hydrogen-bond acceptors (Lipinski definition) is 2. The monoisotopic (exact) mass is 334 g/mol. The van der Waals surface area contributed by atoms with Gasteiger partial charge in [0, 0.05) is 17.7 Å². The minimum absolute atomic E-state index is 0.0605. The van der Waals surface area contributed by atoms with E-state index in [1.807, 2.05) is 0 Å². The molecule has 0 unspecified atom stereocenters. The fourth-order valence-electron chi connectivity index (χ4n) is 1.89. The van der Waals surface area contributed by atoms with Crippen LogP contribution in [0.2, 0.25) is 0 Å². The zero-order valence-corrected chi connectivity index (χ0v) is 12.4. The van der Waals surface area contributed by atoms with Crippen LogP contribution in [0.5, 0.6) is 0 Å². The molecule has 0 aliphatic rings. The van der Waals surface area contributed by atoms with E-state index in [2.05, 4.69) is 17.2 Å². The second-order valence-electron chi connectivity index (χ2n) is 4.76. The summed E-state index contributed by atoms with van der Waals surface area (Å²) in [7, 11) is 0. The van der Waals surface area contributed by atoms with Gasteiger partial charge in [0.15, 0.2) is 17.5 Å². The maximum absolute atomic E-state index is 13.6. The Morgan fingerprint density at radius 1 is 1.00 bits per heavy atom. The number of hydrogen-bond donors (Lipinski definition) is 2. The van der Waals surface area contributed by atoms with Crippen molar-refractivity contribution in [2.24, 2.45) is 0 Å². The highest BCUT2D eigenvalue weighted by molar-refractivity contribution is 6.06. The molecule has 0 atom stereocenters. The molecule has 0 saturated heterocycles. The molecule has 0 radical (unpaired) electrons. The average Bonchev–Trinajstić information content (AvgIpc) is 2.60.